The van der Waals surface area contributed by atoms with Gasteiger partial charge in [-0.05, 0) is 43.4 Å². The summed E-state index contributed by atoms with van der Waals surface area (Å²) in [6.07, 6.45) is 0.781. The maximum Gasteiger partial charge on any atom is 0.309 e. The monoisotopic (exact) mass is 306 g/mol. The smallest absolute Gasteiger partial charge is 0.309 e. The lowest BCUT2D eigenvalue weighted by Crippen LogP contribution is -2.22. The summed E-state index contributed by atoms with van der Waals surface area (Å²) < 4.78 is 4.90. The molecule has 2 rings (SSSR count). The van der Waals surface area contributed by atoms with Crippen LogP contribution >= 0.6 is 0 Å². The molecule has 1 fully saturated rings. The third-order valence-corrected chi connectivity index (χ3v) is 3.84. The number of ether oxygens (including phenoxy) is 1. The fraction of sp³-hybridized carbons (Fsp3) is 0.467. The number of hydrogen-bond acceptors (Lipinski definition) is 5. The van der Waals surface area contributed by atoms with E-state index >= 15 is 0 Å². The minimum absolute atomic E-state index is 0.105. The maximum atomic E-state index is 11.8. The molecule has 22 heavy (non-hydrogen) atoms. The Bertz CT molecular complexity index is 641. The number of carbonyl (C=O) groups is 2. The maximum absolute atomic E-state index is 11.8. The van der Waals surface area contributed by atoms with E-state index in [0.717, 1.165) is 17.5 Å². The number of nitrogens with zero attached hydrogens (tertiary/aromatic N) is 1. The molecule has 0 bridgehead atoms. The Balaban J connectivity index is 2.00. The van der Waals surface area contributed by atoms with Crippen molar-refractivity contribution < 1.29 is 19.2 Å². The molecular formula is C15H18N2O5. The van der Waals surface area contributed by atoms with Crippen LogP contribution in [0.4, 0.5) is 11.4 Å². The first-order valence-corrected chi connectivity index (χ1v) is 7.01. The molecule has 7 nitrogen and oxygen atoms in total. The number of benzene rings is 1. The molecule has 1 saturated carbocycles. The Morgan fingerprint density at radius 3 is 2.50 bits per heavy atom. The van der Waals surface area contributed by atoms with Gasteiger partial charge in [0, 0.05) is 6.07 Å². The fourth-order valence-electron chi connectivity index (χ4n) is 2.13. The first-order chi connectivity index (χ1) is 10.3. The van der Waals surface area contributed by atoms with Crippen LogP contribution in [0.1, 0.15) is 24.5 Å². The Kier molecular flexibility index (Phi) is 4.44. The summed E-state index contributed by atoms with van der Waals surface area (Å²) in [6.45, 7) is 5.05. The van der Waals surface area contributed by atoms with Gasteiger partial charge in [-0.1, -0.05) is 6.92 Å². The molecule has 0 radical (unpaired) electrons. The van der Waals surface area contributed by atoms with Gasteiger partial charge in [0.25, 0.3) is 11.6 Å². The summed E-state index contributed by atoms with van der Waals surface area (Å²) in [5.74, 6) is -0.801. The highest BCUT2D eigenvalue weighted by Crippen LogP contribution is 2.38. The Morgan fingerprint density at radius 2 is 1.95 bits per heavy atom. The predicted octanol–water partition coefficient (Wildman–Crippen LogP) is 2.35. The molecule has 2 atom stereocenters. The standard InChI is InChI=1S/C15H18N2O5/c1-8-5-12(13(17(20)21)6-9(8)2)16-14(18)7-22-15(19)11-4-10(11)3/h5-6,10-11H,4,7H2,1-3H3,(H,16,18)/t10-,11-/m1/s1. The van der Waals surface area contributed by atoms with Gasteiger partial charge in [-0.2, -0.15) is 0 Å². The van der Waals surface area contributed by atoms with Crippen LogP contribution in [0.2, 0.25) is 0 Å². The lowest BCUT2D eigenvalue weighted by molar-refractivity contribution is -0.384. The summed E-state index contributed by atoms with van der Waals surface area (Å²) in [7, 11) is 0. The van der Waals surface area contributed by atoms with E-state index in [4.69, 9.17) is 4.74 Å². The molecule has 0 aromatic heterocycles. The number of aryl methyl sites for hydroxylation is 2. The van der Waals surface area contributed by atoms with Crippen LogP contribution in [0.25, 0.3) is 0 Å². The molecule has 0 spiro atoms. The van der Waals surface area contributed by atoms with Crippen molar-refractivity contribution in [1.29, 1.82) is 0 Å². The largest absolute Gasteiger partial charge is 0.455 e. The van der Waals surface area contributed by atoms with Crippen LogP contribution in [-0.2, 0) is 14.3 Å². The van der Waals surface area contributed by atoms with E-state index < -0.39 is 23.4 Å². The molecule has 1 amide bonds. The van der Waals surface area contributed by atoms with Gasteiger partial charge in [0.2, 0.25) is 0 Å². The van der Waals surface area contributed by atoms with Crippen molar-refractivity contribution in [2.24, 2.45) is 11.8 Å². The first-order valence-electron chi connectivity index (χ1n) is 7.01. The molecule has 1 aliphatic carbocycles. The number of amides is 1. The lowest BCUT2D eigenvalue weighted by Gasteiger charge is -2.09. The quantitative estimate of drug-likeness (QED) is 0.511. The average Bonchev–Trinajstić information content (AvgIpc) is 3.16. The van der Waals surface area contributed by atoms with Gasteiger partial charge in [-0.25, -0.2) is 0 Å². The van der Waals surface area contributed by atoms with Crippen molar-refractivity contribution in [2.45, 2.75) is 27.2 Å². The zero-order valence-electron chi connectivity index (χ0n) is 12.7. The number of nitrogens with one attached hydrogen (secondary N) is 1. The number of nitro groups is 1. The molecule has 0 unspecified atom stereocenters. The Morgan fingerprint density at radius 1 is 1.36 bits per heavy atom. The van der Waals surface area contributed by atoms with E-state index in [1.54, 1.807) is 13.8 Å². The van der Waals surface area contributed by atoms with Crippen LogP contribution in [-0.4, -0.2) is 23.4 Å². The number of hydrogen-bond donors (Lipinski definition) is 1. The predicted molar refractivity (Wildman–Crippen MR) is 79.4 cm³/mol. The summed E-state index contributed by atoms with van der Waals surface area (Å²) in [5, 5.41) is 13.5. The van der Waals surface area contributed by atoms with Crippen molar-refractivity contribution in [1.82, 2.24) is 0 Å². The minimum Gasteiger partial charge on any atom is -0.455 e. The van der Waals surface area contributed by atoms with Crippen LogP contribution in [0, 0.1) is 35.8 Å². The molecule has 1 aliphatic rings. The van der Waals surface area contributed by atoms with Gasteiger partial charge in [0.05, 0.1) is 10.8 Å². The van der Waals surface area contributed by atoms with E-state index in [-0.39, 0.29) is 17.3 Å². The number of carbonyl (C=O) groups excluding carboxylic acids is 2. The van der Waals surface area contributed by atoms with E-state index in [9.17, 15) is 19.7 Å². The SMILES string of the molecule is Cc1cc(NC(=O)COC(=O)[C@@H]2C[C@H]2C)c([N+](=O)[O-])cc1C. The highest BCUT2D eigenvalue weighted by molar-refractivity contribution is 5.95. The Labute approximate surface area is 127 Å². The molecule has 1 aromatic rings. The number of anilines is 1. The second-order valence-electron chi connectivity index (χ2n) is 5.69. The van der Waals surface area contributed by atoms with Crippen molar-refractivity contribution in [3.8, 4) is 0 Å². The van der Waals surface area contributed by atoms with Crippen LogP contribution in [0.3, 0.4) is 0 Å². The highest BCUT2D eigenvalue weighted by atomic mass is 16.6. The normalized spacial score (nSPS) is 19.4. The second kappa shape index (κ2) is 6.13. The highest BCUT2D eigenvalue weighted by Gasteiger charge is 2.40. The molecule has 0 saturated heterocycles. The number of esters is 1. The van der Waals surface area contributed by atoms with E-state index in [1.807, 2.05) is 6.92 Å². The molecule has 0 aliphatic heterocycles. The van der Waals surface area contributed by atoms with Gasteiger partial charge < -0.3 is 10.1 Å². The third kappa shape index (κ3) is 3.60. The first kappa shape index (κ1) is 15.9. The number of nitro benzene ring substituents is 1. The Hall–Kier alpha value is -2.44. The van der Waals surface area contributed by atoms with Crippen molar-refractivity contribution in [3.05, 3.63) is 33.4 Å². The van der Waals surface area contributed by atoms with Gasteiger partial charge in [-0.15, -0.1) is 0 Å². The summed E-state index contributed by atoms with van der Waals surface area (Å²) in [5.41, 5.74) is 1.51. The average molecular weight is 306 g/mol. The minimum atomic E-state index is -0.590. The van der Waals surface area contributed by atoms with E-state index in [0.29, 0.717) is 5.92 Å². The molecular weight excluding hydrogens is 288 g/mol. The third-order valence-electron chi connectivity index (χ3n) is 3.84. The summed E-state index contributed by atoms with van der Waals surface area (Å²) in [6, 6.07) is 2.94. The van der Waals surface area contributed by atoms with E-state index in [2.05, 4.69) is 5.32 Å². The van der Waals surface area contributed by atoms with Gasteiger partial charge in [0.1, 0.15) is 5.69 Å². The van der Waals surface area contributed by atoms with Gasteiger partial charge in [0.15, 0.2) is 6.61 Å². The van der Waals surface area contributed by atoms with Crippen molar-refractivity contribution >= 4 is 23.3 Å². The molecule has 7 heteroatoms. The van der Waals surface area contributed by atoms with Crippen molar-refractivity contribution in [3.63, 3.8) is 0 Å². The number of rotatable bonds is 5. The van der Waals surface area contributed by atoms with E-state index in [1.165, 1.54) is 12.1 Å². The van der Waals surface area contributed by atoms with Crippen LogP contribution < -0.4 is 5.32 Å². The fourth-order valence-corrected chi connectivity index (χ4v) is 2.13. The zero-order valence-corrected chi connectivity index (χ0v) is 12.7. The van der Waals surface area contributed by atoms with Gasteiger partial charge >= 0.3 is 5.97 Å². The molecule has 118 valence electrons. The molecule has 1 aromatic carbocycles. The van der Waals surface area contributed by atoms with Crippen LogP contribution in [0.5, 0.6) is 0 Å². The second-order valence-corrected chi connectivity index (χ2v) is 5.69. The van der Waals surface area contributed by atoms with Crippen molar-refractivity contribution in [2.75, 3.05) is 11.9 Å². The summed E-state index contributed by atoms with van der Waals surface area (Å²) in [4.78, 5) is 33.8. The lowest BCUT2D eigenvalue weighted by atomic mass is 10.1. The van der Waals surface area contributed by atoms with Crippen LogP contribution in [0.15, 0.2) is 12.1 Å². The summed E-state index contributed by atoms with van der Waals surface area (Å²) >= 11 is 0. The van der Waals surface area contributed by atoms with Gasteiger partial charge in [-0.3, -0.25) is 19.7 Å². The zero-order chi connectivity index (χ0) is 16.4. The molecule has 0 heterocycles. The molecule has 1 N–H and O–H groups in total. The topological polar surface area (TPSA) is 98.5 Å².